The maximum atomic E-state index is 9.56. The van der Waals surface area contributed by atoms with Gasteiger partial charge >= 0.3 is 0 Å². The highest BCUT2D eigenvalue weighted by molar-refractivity contribution is 6.35. The van der Waals surface area contributed by atoms with Crippen molar-refractivity contribution in [2.45, 2.75) is 19.1 Å². The highest BCUT2D eigenvalue weighted by Crippen LogP contribution is 2.34. The number of nitrogens with two attached hydrogens (primary N) is 1. The summed E-state index contributed by atoms with van der Waals surface area (Å²) < 4.78 is 0. The van der Waals surface area contributed by atoms with Crippen molar-refractivity contribution in [1.29, 1.82) is 0 Å². The van der Waals surface area contributed by atoms with Crippen LogP contribution in [0.5, 0.6) is 5.75 Å². The van der Waals surface area contributed by atoms with Gasteiger partial charge in [-0.25, -0.2) is 0 Å². The van der Waals surface area contributed by atoms with Gasteiger partial charge in [0.05, 0.1) is 17.2 Å². The molecule has 1 aromatic rings. The molecule has 1 aromatic carbocycles. The van der Waals surface area contributed by atoms with Crippen LogP contribution in [-0.2, 0) is 0 Å². The summed E-state index contributed by atoms with van der Waals surface area (Å²) in [7, 11) is 0. The van der Waals surface area contributed by atoms with Gasteiger partial charge in [0.25, 0.3) is 0 Å². The fraction of sp³-hybridized carbons (Fsp3) is 0.333. The van der Waals surface area contributed by atoms with Gasteiger partial charge in [-0.15, -0.1) is 0 Å². The second-order valence-electron chi connectivity index (χ2n) is 3.09. The van der Waals surface area contributed by atoms with E-state index in [0.29, 0.717) is 10.6 Å². The third kappa shape index (κ3) is 2.30. The van der Waals surface area contributed by atoms with Crippen LogP contribution < -0.4 is 5.73 Å². The summed E-state index contributed by atoms with van der Waals surface area (Å²) >= 11 is 11.4. The minimum Gasteiger partial charge on any atom is -0.506 e. The zero-order valence-corrected chi connectivity index (χ0v) is 9.05. The Labute approximate surface area is 92.1 Å². The van der Waals surface area contributed by atoms with Gasteiger partial charge in [0, 0.05) is 10.6 Å². The number of aliphatic hydroxyl groups excluding tert-OH is 1. The zero-order valence-electron chi connectivity index (χ0n) is 7.54. The molecule has 0 radical (unpaired) electrons. The predicted molar refractivity (Wildman–Crippen MR) is 56.7 cm³/mol. The highest BCUT2D eigenvalue weighted by atomic mass is 35.5. The van der Waals surface area contributed by atoms with Gasteiger partial charge in [0.1, 0.15) is 5.75 Å². The number of rotatable bonds is 2. The Morgan fingerprint density at radius 2 is 1.93 bits per heavy atom. The quantitative estimate of drug-likeness (QED) is 0.736. The first-order valence-electron chi connectivity index (χ1n) is 4.05. The van der Waals surface area contributed by atoms with Gasteiger partial charge in [0.2, 0.25) is 0 Å². The van der Waals surface area contributed by atoms with Crippen molar-refractivity contribution in [3.8, 4) is 5.75 Å². The maximum absolute atomic E-state index is 9.56. The second-order valence-corrected chi connectivity index (χ2v) is 3.94. The number of halogens is 2. The summed E-state index contributed by atoms with van der Waals surface area (Å²) in [6.45, 7) is 1.53. The maximum Gasteiger partial charge on any atom is 0.139 e. The summed E-state index contributed by atoms with van der Waals surface area (Å²) in [6, 6.07) is 2.20. The molecule has 0 amide bonds. The van der Waals surface area contributed by atoms with Gasteiger partial charge in [-0.05, 0) is 19.1 Å². The SMILES string of the molecule is CC(O)[C@H](N)c1cc(Cl)cc(Cl)c1O. The summed E-state index contributed by atoms with van der Waals surface area (Å²) in [5, 5.41) is 19.3. The molecule has 0 saturated carbocycles. The largest absolute Gasteiger partial charge is 0.506 e. The minimum atomic E-state index is -0.782. The molecule has 0 aliphatic carbocycles. The Balaban J connectivity index is 3.20. The molecule has 2 atom stereocenters. The molecule has 0 aliphatic rings. The normalized spacial score (nSPS) is 15.2. The molecule has 1 rings (SSSR count). The van der Waals surface area contributed by atoms with E-state index in [1.165, 1.54) is 19.1 Å². The lowest BCUT2D eigenvalue weighted by atomic mass is 10.0. The van der Waals surface area contributed by atoms with E-state index in [1.807, 2.05) is 0 Å². The van der Waals surface area contributed by atoms with Gasteiger partial charge < -0.3 is 15.9 Å². The third-order valence-corrected chi connectivity index (χ3v) is 2.44. The molecule has 0 aromatic heterocycles. The van der Waals surface area contributed by atoms with Crippen LogP contribution in [-0.4, -0.2) is 16.3 Å². The molecule has 14 heavy (non-hydrogen) atoms. The lowest BCUT2D eigenvalue weighted by Gasteiger charge is -2.17. The Morgan fingerprint density at radius 3 is 2.43 bits per heavy atom. The van der Waals surface area contributed by atoms with Gasteiger partial charge in [-0.2, -0.15) is 0 Å². The zero-order chi connectivity index (χ0) is 10.9. The molecule has 0 aliphatic heterocycles. The molecule has 0 saturated heterocycles. The Morgan fingerprint density at radius 1 is 1.36 bits per heavy atom. The van der Waals surface area contributed by atoms with Crippen molar-refractivity contribution in [2.75, 3.05) is 0 Å². The molecular weight excluding hydrogens is 225 g/mol. The molecule has 0 heterocycles. The number of benzene rings is 1. The van der Waals surface area contributed by atoms with E-state index in [1.54, 1.807) is 0 Å². The highest BCUT2D eigenvalue weighted by Gasteiger charge is 2.18. The Hall–Kier alpha value is -0.480. The summed E-state index contributed by atoms with van der Waals surface area (Å²) in [6.07, 6.45) is -0.782. The topological polar surface area (TPSA) is 66.5 Å². The van der Waals surface area contributed by atoms with Crippen molar-refractivity contribution in [2.24, 2.45) is 5.73 Å². The summed E-state index contributed by atoms with van der Waals surface area (Å²) in [5.74, 6) is -0.135. The first kappa shape index (κ1) is 11.6. The van der Waals surface area contributed by atoms with E-state index < -0.39 is 12.1 Å². The van der Waals surface area contributed by atoms with Crippen LogP contribution in [0.2, 0.25) is 10.0 Å². The molecule has 78 valence electrons. The lowest BCUT2D eigenvalue weighted by Crippen LogP contribution is -2.23. The molecule has 5 heteroatoms. The predicted octanol–water partition coefficient (Wildman–Crippen LogP) is 2.08. The standard InChI is InChI=1S/C9H11Cl2NO2/c1-4(13)8(12)6-2-5(10)3-7(11)9(6)14/h2-4,8,13-14H,12H2,1H3/t4?,8-/m0/s1. The first-order chi connectivity index (χ1) is 6.43. The van der Waals surface area contributed by atoms with E-state index >= 15 is 0 Å². The molecule has 0 spiro atoms. The Kier molecular flexibility index (Phi) is 3.61. The first-order valence-corrected chi connectivity index (χ1v) is 4.80. The molecule has 1 unspecified atom stereocenters. The van der Waals surface area contributed by atoms with Crippen LogP contribution in [0, 0.1) is 0 Å². The lowest BCUT2D eigenvalue weighted by molar-refractivity contribution is 0.163. The number of aromatic hydroxyl groups is 1. The van der Waals surface area contributed by atoms with Crippen molar-refractivity contribution in [1.82, 2.24) is 0 Å². The van der Waals surface area contributed by atoms with E-state index in [-0.39, 0.29) is 10.8 Å². The van der Waals surface area contributed by atoms with Crippen LogP contribution in [0.15, 0.2) is 12.1 Å². The van der Waals surface area contributed by atoms with Crippen LogP contribution in [0.25, 0.3) is 0 Å². The van der Waals surface area contributed by atoms with Crippen molar-refractivity contribution in [3.05, 3.63) is 27.7 Å². The minimum absolute atomic E-state index is 0.128. The molecule has 4 N–H and O–H groups in total. The van der Waals surface area contributed by atoms with Crippen LogP contribution in [0.3, 0.4) is 0 Å². The van der Waals surface area contributed by atoms with Crippen molar-refractivity contribution < 1.29 is 10.2 Å². The number of phenolic OH excluding ortho intramolecular Hbond substituents is 1. The van der Waals surface area contributed by atoms with Crippen LogP contribution in [0.1, 0.15) is 18.5 Å². The molecule has 3 nitrogen and oxygen atoms in total. The van der Waals surface area contributed by atoms with Crippen LogP contribution >= 0.6 is 23.2 Å². The number of phenols is 1. The fourth-order valence-corrected chi connectivity index (χ4v) is 1.61. The average Bonchev–Trinajstić information content (AvgIpc) is 2.09. The summed E-state index contributed by atoms with van der Waals surface area (Å²) in [5.41, 5.74) is 5.99. The number of hydrogen-bond acceptors (Lipinski definition) is 3. The monoisotopic (exact) mass is 235 g/mol. The third-order valence-electron chi connectivity index (χ3n) is 1.94. The number of aliphatic hydroxyl groups is 1. The second kappa shape index (κ2) is 4.36. The van der Waals surface area contributed by atoms with E-state index in [9.17, 15) is 10.2 Å². The van der Waals surface area contributed by atoms with E-state index in [0.717, 1.165) is 0 Å². The Bertz CT molecular complexity index is 342. The average molecular weight is 236 g/mol. The van der Waals surface area contributed by atoms with Crippen molar-refractivity contribution in [3.63, 3.8) is 0 Å². The van der Waals surface area contributed by atoms with Crippen molar-refractivity contribution >= 4 is 23.2 Å². The fourth-order valence-electron chi connectivity index (χ4n) is 1.10. The van der Waals surface area contributed by atoms with Gasteiger partial charge in [-0.3, -0.25) is 0 Å². The molecule has 0 bridgehead atoms. The number of hydrogen-bond donors (Lipinski definition) is 3. The van der Waals surface area contributed by atoms with Crippen LogP contribution in [0.4, 0.5) is 0 Å². The van der Waals surface area contributed by atoms with E-state index in [4.69, 9.17) is 28.9 Å². The molecular formula is C9H11Cl2NO2. The molecule has 0 fully saturated rings. The van der Waals surface area contributed by atoms with E-state index in [2.05, 4.69) is 0 Å². The summed E-state index contributed by atoms with van der Waals surface area (Å²) in [4.78, 5) is 0. The van der Waals surface area contributed by atoms with Gasteiger partial charge in [-0.1, -0.05) is 23.2 Å². The van der Waals surface area contributed by atoms with Gasteiger partial charge in [0.15, 0.2) is 0 Å². The smallest absolute Gasteiger partial charge is 0.139 e.